The molecule has 0 atom stereocenters. The summed E-state index contributed by atoms with van der Waals surface area (Å²) in [5, 5.41) is 10.3. The Morgan fingerprint density at radius 3 is 2.26 bits per heavy atom. The van der Waals surface area contributed by atoms with Gasteiger partial charge in [-0.15, -0.1) is 0 Å². The molecule has 38 heavy (non-hydrogen) atoms. The van der Waals surface area contributed by atoms with Gasteiger partial charge in [0.2, 0.25) is 5.95 Å². The fourth-order valence-corrected chi connectivity index (χ4v) is 4.09. The first-order valence-corrected chi connectivity index (χ1v) is 13.4. The van der Waals surface area contributed by atoms with Gasteiger partial charge in [-0.1, -0.05) is 45.9 Å². The van der Waals surface area contributed by atoms with Gasteiger partial charge in [-0.05, 0) is 65.0 Å². The molecule has 0 bridgehead atoms. The van der Waals surface area contributed by atoms with Crippen LogP contribution in [0, 0.1) is 11.3 Å². The van der Waals surface area contributed by atoms with Crippen LogP contribution in [-0.2, 0) is 4.79 Å². The third-order valence-corrected chi connectivity index (χ3v) is 7.82. The minimum Gasteiger partial charge on any atom is -0.484 e. The lowest BCUT2D eigenvalue weighted by Gasteiger charge is -2.48. The van der Waals surface area contributed by atoms with E-state index in [9.17, 15) is 4.79 Å². The Labute approximate surface area is 227 Å². The molecule has 0 spiro atoms. The predicted molar refractivity (Wildman–Crippen MR) is 155 cm³/mol. The van der Waals surface area contributed by atoms with Crippen molar-refractivity contribution in [3.63, 3.8) is 0 Å². The molecule has 0 saturated heterocycles. The van der Waals surface area contributed by atoms with Crippen LogP contribution in [-0.4, -0.2) is 49.7 Å². The van der Waals surface area contributed by atoms with Crippen LogP contribution < -0.4 is 20.7 Å². The van der Waals surface area contributed by atoms with Gasteiger partial charge >= 0.3 is 0 Å². The molecule has 3 rings (SSSR count). The Morgan fingerprint density at radius 1 is 1.00 bits per heavy atom. The first-order valence-electron chi connectivity index (χ1n) is 13.4. The predicted octanol–water partition coefficient (Wildman–Crippen LogP) is 5.67. The van der Waals surface area contributed by atoms with Crippen LogP contribution in [0.3, 0.4) is 0 Å². The van der Waals surface area contributed by atoms with Crippen LogP contribution in [0.5, 0.6) is 5.75 Å². The number of hydrogen-bond acceptors (Lipinski definition) is 7. The smallest absolute Gasteiger partial charge is 0.263 e. The van der Waals surface area contributed by atoms with Crippen molar-refractivity contribution < 1.29 is 9.53 Å². The number of fused-ring (bicyclic) bond motifs is 1. The number of carbonyl (C=O) groups excluding carboxylic acids is 1. The summed E-state index contributed by atoms with van der Waals surface area (Å²) in [6, 6.07) is 9.32. The van der Waals surface area contributed by atoms with Crippen LogP contribution in [0.25, 0.3) is 11.2 Å². The maximum atomic E-state index is 12.6. The van der Waals surface area contributed by atoms with Crippen molar-refractivity contribution in [3.8, 4) is 5.75 Å². The van der Waals surface area contributed by atoms with Gasteiger partial charge in [-0.2, -0.15) is 0 Å². The van der Waals surface area contributed by atoms with Crippen molar-refractivity contribution in [2.24, 2.45) is 11.3 Å². The number of nitrogens with zero attached hydrogens (tertiary/aromatic N) is 4. The van der Waals surface area contributed by atoms with Crippen molar-refractivity contribution in [1.29, 1.82) is 0 Å². The molecule has 0 aliphatic carbocycles. The largest absolute Gasteiger partial charge is 0.484 e. The molecule has 9 nitrogen and oxygen atoms in total. The Bertz CT molecular complexity index is 1230. The van der Waals surface area contributed by atoms with Crippen molar-refractivity contribution in [3.05, 3.63) is 36.7 Å². The average molecular weight is 524 g/mol. The molecular weight excluding hydrogens is 478 g/mol. The SMILES string of the molecule is CC(C)n1c(NCC(C)(C)C(C)(C)NC(C)(C)C(C)C)nc2c(NC(=O)COc3ccccc3)ncnc21. The second-order valence-corrected chi connectivity index (χ2v) is 12.3. The molecule has 9 heteroatoms. The molecule has 0 saturated carbocycles. The molecule has 0 fully saturated rings. The van der Waals surface area contributed by atoms with Crippen molar-refractivity contribution in [1.82, 2.24) is 24.8 Å². The molecule has 3 aromatic rings. The second kappa shape index (κ2) is 11.3. The fourth-order valence-electron chi connectivity index (χ4n) is 4.09. The number of imidazole rings is 1. The van der Waals surface area contributed by atoms with Gasteiger partial charge < -0.3 is 20.7 Å². The van der Waals surface area contributed by atoms with Crippen LogP contribution in [0.4, 0.5) is 11.8 Å². The second-order valence-electron chi connectivity index (χ2n) is 12.3. The van der Waals surface area contributed by atoms with E-state index in [1.807, 2.05) is 22.8 Å². The average Bonchev–Trinajstić information content (AvgIpc) is 3.21. The number of carbonyl (C=O) groups is 1. The molecule has 3 N–H and O–H groups in total. The van der Waals surface area contributed by atoms with Gasteiger partial charge in [0.1, 0.15) is 12.1 Å². The number of rotatable bonds is 12. The van der Waals surface area contributed by atoms with E-state index in [0.29, 0.717) is 41.1 Å². The van der Waals surface area contributed by atoms with E-state index in [0.717, 1.165) is 0 Å². The zero-order valence-electron chi connectivity index (χ0n) is 24.6. The lowest BCUT2D eigenvalue weighted by molar-refractivity contribution is -0.118. The minimum absolute atomic E-state index is 0.0151. The van der Waals surface area contributed by atoms with E-state index in [1.165, 1.54) is 6.33 Å². The maximum absolute atomic E-state index is 12.6. The molecular formula is C29H45N7O2. The zero-order chi connectivity index (χ0) is 28.3. The Balaban J connectivity index is 1.81. The van der Waals surface area contributed by atoms with Crippen LogP contribution in [0.15, 0.2) is 36.7 Å². The topological polar surface area (TPSA) is 106 Å². The van der Waals surface area contributed by atoms with E-state index >= 15 is 0 Å². The molecule has 0 aliphatic rings. The van der Waals surface area contributed by atoms with Gasteiger partial charge in [-0.3, -0.25) is 9.36 Å². The van der Waals surface area contributed by atoms with Gasteiger partial charge in [0.05, 0.1) is 0 Å². The summed E-state index contributed by atoms with van der Waals surface area (Å²) in [6.45, 7) is 22.7. The molecule has 0 unspecified atom stereocenters. The van der Waals surface area contributed by atoms with E-state index in [4.69, 9.17) is 9.72 Å². The highest BCUT2D eigenvalue weighted by molar-refractivity contribution is 5.98. The first-order chi connectivity index (χ1) is 17.6. The molecule has 1 amide bonds. The summed E-state index contributed by atoms with van der Waals surface area (Å²) in [4.78, 5) is 26.3. The van der Waals surface area contributed by atoms with Crippen molar-refractivity contribution >= 4 is 28.8 Å². The van der Waals surface area contributed by atoms with Gasteiger partial charge in [-0.25, -0.2) is 15.0 Å². The minimum atomic E-state index is -0.316. The number of aromatic nitrogens is 4. The normalized spacial score (nSPS) is 12.8. The highest BCUT2D eigenvalue weighted by atomic mass is 16.5. The first kappa shape index (κ1) is 29.4. The summed E-state index contributed by atoms with van der Waals surface area (Å²) in [5.41, 5.74) is 0.885. The lowest BCUT2D eigenvalue weighted by Crippen LogP contribution is -2.62. The van der Waals surface area contributed by atoms with E-state index in [-0.39, 0.29) is 35.0 Å². The van der Waals surface area contributed by atoms with Crippen molar-refractivity contribution in [2.45, 2.75) is 86.4 Å². The van der Waals surface area contributed by atoms with Gasteiger partial charge in [0.25, 0.3) is 5.91 Å². The molecule has 0 aliphatic heterocycles. The van der Waals surface area contributed by atoms with Gasteiger partial charge in [0, 0.05) is 23.7 Å². The Morgan fingerprint density at radius 2 is 1.66 bits per heavy atom. The fraction of sp³-hybridized carbons (Fsp3) is 0.586. The van der Waals surface area contributed by atoms with E-state index < -0.39 is 0 Å². The molecule has 1 aromatic carbocycles. The molecule has 2 heterocycles. The summed E-state index contributed by atoms with van der Waals surface area (Å²) in [6.07, 6.45) is 1.45. The van der Waals surface area contributed by atoms with Gasteiger partial charge in [0.15, 0.2) is 23.6 Å². The number of anilines is 2. The lowest BCUT2D eigenvalue weighted by atomic mass is 9.72. The van der Waals surface area contributed by atoms with Crippen molar-refractivity contribution in [2.75, 3.05) is 23.8 Å². The Hall–Kier alpha value is -3.20. The molecule has 0 radical (unpaired) electrons. The number of nitrogens with one attached hydrogen (secondary N) is 3. The van der Waals surface area contributed by atoms with E-state index in [2.05, 4.69) is 95.2 Å². The summed E-state index contributed by atoms with van der Waals surface area (Å²) in [7, 11) is 0. The monoisotopic (exact) mass is 523 g/mol. The third kappa shape index (κ3) is 6.62. The molecule has 2 aromatic heterocycles. The third-order valence-electron chi connectivity index (χ3n) is 7.82. The summed E-state index contributed by atoms with van der Waals surface area (Å²) in [5.74, 6) is 1.85. The van der Waals surface area contributed by atoms with Crippen LogP contribution in [0.1, 0.15) is 75.3 Å². The summed E-state index contributed by atoms with van der Waals surface area (Å²) < 4.78 is 7.62. The highest BCUT2D eigenvalue weighted by Gasteiger charge is 2.41. The summed E-state index contributed by atoms with van der Waals surface area (Å²) >= 11 is 0. The number of benzene rings is 1. The van der Waals surface area contributed by atoms with E-state index in [1.54, 1.807) is 12.1 Å². The number of amides is 1. The number of hydrogen-bond donors (Lipinski definition) is 3. The van der Waals surface area contributed by atoms with Crippen LogP contribution >= 0.6 is 0 Å². The number of para-hydroxylation sites is 1. The highest BCUT2D eigenvalue weighted by Crippen LogP contribution is 2.35. The van der Waals surface area contributed by atoms with Crippen LogP contribution in [0.2, 0.25) is 0 Å². The standard InChI is InChI=1S/C29H45N7O2/c1-19(2)28(7,8)35-29(9,10)27(5,6)17-30-26-34-23-24(31-18-32-25(23)36(26)20(3)4)33-22(37)16-38-21-14-12-11-13-15-21/h11-15,18-20,35H,16-17H2,1-10H3,(H,30,34)(H,31,32,33,37). The molecule has 208 valence electrons. The number of ether oxygens (including phenoxy) is 1. The maximum Gasteiger partial charge on any atom is 0.263 e. The quantitative estimate of drug-likeness (QED) is 0.281. The zero-order valence-corrected chi connectivity index (χ0v) is 24.6. The Kier molecular flexibility index (Phi) is 8.71.